The molecule has 7 heteroatoms. The first-order valence-electron chi connectivity index (χ1n) is 0.748. The van der Waals surface area contributed by atoms with Crippen LogP contribution in [-0.2, 0) is 16.5 Å². The van der Waals surface area contributed by atoms with Gasteiger partial charge in [0.15, 0.2) is 0 Å². The second-order valence-electron chi connectivity index (χ2n) is 0.156. The molecule has 0 atom stereocenters. The molecule has 0 fully saturated rings. The van der Waals surface area contributed by atoms with Crippen molar-refractivity contribution in [3.05, 3.63) is 0 Å². The van der Waals surface area contributed by atoms with Crippen LogP contribution in [0.2, 0.25) is 0 Å². The molecule has 0 radical (unpaired) electrons. The summed E-state index contributed by atoms with van der Waals surface area (Å²) in [6, 6.07) is 0. The van der Waals surface area contributed by atoms with Crippen LogP contribution < -0.4 is 34.5 Å². The average molecular weight is 152 g/mol. The van der Waals surface area contributed by atoms with Crippen molar-refractivity contribution >= 4 is 20.6 Å². The van der Waals surface area contributed by atoms with Crippen LogP contribution in [0.3, 0.4) is 0 Å². The van der Waals surface area contributed by atoms with Gasteiger partial charge in [0.25, 0.3) is 0 Å². The molecule has 0 aliphatic heterocycles. The molecule has 0 aromatic heterocycles. The maximum atomic E-state index is 8.46. The number of hydrogen-bond donors (Lipinski definition) is 2. The minimum absolute atomic E-state index is 0. The van der Waals surface area contributed by atoms with Crippen molar-refractivity contribution in [3.63, 3.8) is 0 Å². The van der Waals surface area contributed by atoms with Crippen molar-refractivity contribution in [1.29, 1.82) is 0 Å². The van der Waals surface area contributed by atoms with Gasteiger partial charge in [0.2, 0.25) is 0 Å². The molecule has 0 spiro atoms. The summed E-state index contributed by atoms with van der Waals surface area (Å²) in [6.45, 7) is 0. The standard InChI is InChI=1S/Na.HO2P.H2O2S/c;2*1-3-2/h;(H,1,2);3H,(H,1,2)/q+1;;/p-1. The van der Waals surface area contributed by atoms with Crippen molar-refractivity contribution in [1.82, 2.24) is 0 Å². The van der Waals surface area contributed by atoms with Gasteiger partial charge in [0.05, 0.1) is 8.69 Å². The Morgan fingerprint density at radius 1 is 1.71 bits per heavy atom. The van der Waals surface area contributed by atoms with Crippen LogP contribution in [0.5, 0.6) is 0 Å². The van der Waals surface area contributed by atoms with Crippen molar-refractivity contribution in [2.45, 2.75) is 0 Å². The first-order valence-corrected chi connectivity index (χ1v) is 2.24. The van der Waals surface area contributed by atoms with E-state index in [2.05, 4.69) is 0 Å². The summed E-state index contributed by atoms with van der Waals surface area (Å²) in [5, 5.41) is 0. The third-order valence-electron chi connectivity index (χ3n) is 0. The molecule has 0 amide bonds. The zero-order chi connectivity index (χ0) is 5.41. The van der Waals surface area contributed by atoms with Gasteiger partial charge in [-0.3, -0.25) is 4.57 Å². The molecule has 0 aliphatic carbocycles. The Hall–Kier alpha value is 1.17. The second-order valence-corrected chi connectivity index (χ2v) is 0.469. The molecular weight excluding hydrogens is 150 g/mol. The fourth-order valence-electron chi connectivity index (χ4n) is 0. The van der Waals surface area contributed by atoms with E-state index in [1.165, 1.54) is 0 Å². The Bertz CT molecular complexity index is 32.7. The molecule has 1 N–H and O–H groups in total. The number of hydrogen-bond acceptors (Lipinski definition) is 3. The molecule has 4 nitrogen and oxygen atoms in total. The predicted octanol–water partition coefficient (Wildman–Crippen LogP) is -4.04. The van der Waals surface area contributed by atoms with E-state index in [0.29, 0.717) is 0 Å². The number of thiol groups is 1. The summed E-state index contributed by atoms with van der Waals surface area (Å²) in [4.78, 5) is 8.35. The summed E-state index contributed by atoms with van der Waals surface area (Å²) in [5.41, 5.74) is 0. The van der Waals surface area contributed by atoms with Crippen LogP contribution in [0.4, 0.5) is 0 Å². The SMILES string of the molecule is O=P[O-].O=[SH]O.[Na+]. The third-order valence-corrected chi connectivity index (χ3v) is 0. The first kappa shape index (κ1) is 15.7. The van der Waals surface area contributed by atoms with Crippen LogP contribution in [0.1, 0.15) is 0 Å². The Morgan fingerprint density at radius 2 is 1.71 bits per heavy atom. The Kier molecular flexibility index (Phi) is 61.0. The van der Waals surface area contributed by atoms with Crippen molar-refractivity contribution in [3.8, 4) is 0 Å². The van der Waals surface area contributed by atoms with Crippen LogP contribution in [-0.4, -0.2) is 8.76 Å². The summed E-state index contributed by atoms with van der Waals surface area (Å²) in [7, 11) is -1.08. The molecule has 0 aromatic carbocycles. The van der Waals surface area contributed by atoms with Crippen molar-refractivity contribution in [2.24, 2.45) is 0 Å². The van der Waals surface area contributed by atoms with Gasteiger partial charge < -0.3 is 9.45 Å². The molecule has 0 rings (SSSR count). The molecule has 0 unspecified atom stereocenters. The Morgan fingerprint density at radius 3 is 1.71 bits per heavy atom. The van der Waals surface area contributed by atoms with E-state index in [1.807, 2.05) is 0 Å². The fourth-order valence-corrected chi connectivity index (χ4v) is 0. The second kappa shape index (κ2) is 27.2. The summed E-state index contributed by atoms with van der Waals surface area (Å²) in [5.74, 6) is 0. The van der Waals surface area contributed by atoms with Gasteiger partial charge in [-0.15, -0.1) is 0 Å². The molecule has 0 aliphatic rings. The molecule has 0 aromatic rings. The zero-order valence-corrected chi connectivity index (χ0v) is 7.36. The Balaban J connectivity index is -0.0000000400. The molecule has 0 heterocycles. The maximum absolute atomic E-state index is 8.46. The van der Waals surface area contributed by atoms with Crippen molar-refractivity contribution in [2.75, 3.05) is 0 Å². The van der Waals surface area contributed by atoms with Gasteiger partial charge in [-0.05, 0) is 0 Å². The van der Waals surface area contributed by atoms with E-state index in [-0.39, 0.29) is 29.6 Å². The van der Waals surface area contributed by atoms with Crippen LogP contribution in [0, 0.1) is 0 Å². The summed E-state index contributed by atoms with van der Waals surface area (Å²) >= 11 is -0.833. The minimum Gasteiger partial charge on any atom is -0.772 e. The minimum atomic E-state index is -1.08. The molecule has 7 heavy (non-hydrogen) atoms. The van der Waals surface area contributed by atoms with Crippen LogP contribution in [0.15, 0.2) is 0 Å². The van der Waals surface area contributed by atoms with E-state index >= 15 is 0 Å². The quantitative estimate of drug-likeness (QED) is 0.160. The van der Waals surface area contributed by atoms with Crippen molar-refractivity contribution < 1.29 is 47.8 Å². The van der Waals surface area contributed by atoms with E-state index in [1.54, 1.807) is 0 Å². The first-order chi connectivity index (χ1) is 2.83. The van der Waals surface area contributed by atoms with Gasteiger partial charge in [0.1, 0.15) is 11.9 Å². The topological polar surface area (TPSA) is 77.4 Å². The molecular formula is H2NaO4PS. The van der Waals surface area contributed by atoms with Gasteiger partial charge in [-0.2, -0.15) is 0 Å². The van der Waals surface area contributed by atoms with E-state index < -0.39 is 20.6 Å². The van der Waals surface area contributed by atoms with Gasteiger partial charge in [-0.25, -0.2) is 4.21 Å². The molecule has 0 saturated carbocycles. The molecule has 0 bridgehead atoms. The van der Waals surface area contributed by atoms with E-state index in [9.17, 15) is 0 Å². The summed E-state index contributed by atoms with van der Waals surface area (Å²) < 4.78 is 23.8. The zero-order valence-electron chi connectivity index (χ0n) is 3.57. The average Bonchev–Trinajstić information content (AvgIpc) is 1.39. The van der Waals surface area contributed by atoms with Crippen LogP contribution in [0.25, 0.3) is 0 Å². The Labute approximate surface area is 68.2 Å². The molecule has 38 valence electrons. The van der Waals surface area contributed by atoms with Gasteiger partial charge >= 0.3 is 29.6 Å². The number of rotatable bonds is 0. The van der Waals surface area contributed by atoms with Gasteiger partial charge in [0, 0.05) is 0 Å². The normalized spacial score (nSPS) is 5.43. The third kappa shape index (κ3) is 140. The van der Waals surface area contributed by atoms with Gasteiger partial charge in [-0.1, -0.05) is 0 Å². The fraction of sp³-hybridized carbons (Fsp3) is 0. The maximum Gasteiger partial charge on any atom is 1.00 e. The molecule has 0 saturated heterocycles. The van der Waals surface area contributed by atoms with E-state index in [4.69, 9.17) is 18.2 Å². The smallest absolute Gasteiger partial charge is 0.772 e. The monoisotopic (exact) mass is 152 g/mol. The largest absolute Gasteiger partial charge is 1.00 e. The van der Waals surface area contributed by atoms with E-state index in [0.717, 1.165) is 0 Å². The van der Waals surface area contributed by atoms with Crippen LogP contribution >= 0.6 is 8.69 Å². The summed E-state index contributed by atoms with van der Waals surface area (Å²) in [6.07, 6.45) is 0. The predicted molar refractivity (Wildman–Crippen MR) is 19.8 cm³/mol.